The van der Waals surface area contributed by atoms with E-state index in [-0.39, 0.29) is 6.42 Å². The summed E-state index contributed by atoms with van der Waals surface area (Å²) in [5, 5.41) is 13.2. The topological polar surface area (TPSA) is 38.7 Å². The van der Waals surface area contributed by atoms with Crippen LogP contribution in [0.3, 0.4) is 0 Å². The van der Waals surface area contributed by atoms with Gasteiger partial charge in [0, 0.05) is 11.8 Å². The zero-order chi connectivity index (χ0) is 13.0. The van der Waals surface area contributed by atoms with Crippen LogP contribution in [0.2, 0.25) is 0 Å². The van der Waals surface area contributed by atoms with Crippen LogP contribution in [-0.2, 0) is 0 Å². The monoisotopic (exact) mass is 333 g/mol. The Morgan fingerprint density at radius 2 is 2.00 bits per heavy atom. The van der Waals surface area contributed by atoms with E-state index in [1.54, 1.807) is 0 Å². The maximum Gasteiger partial charge on any atom is 0.301 e. The minimum absolute atomic E-state index is 0.184. The Balaban J connectivity index is 2.00. The van der Waals surface area contributed by atoms with Crippen LogP contribution < -0.4 is 0 Å². The zero-order valence-corrected chi connectivity index (χ0v) is 11.7. The summed E-state index contributed by atoms with van der Waals surface area (Å²) in [4.78, 5) is -2.78. The van der Waals surface area contributed by atoms with Crippen LogP contribution >= 0.6 is 27.7 Å². The molecule has 0 N–H and O–H groups in total. The smallest absolute Gasteiger partial charge is 0.194 e. The van der Waals surface area contributed by atoms with Crippen LogP contribution in [0.15, 0.2) is 29.3 Å². The number of benzene rings is 1. The number of hydrogen-bond donors (Lipinski definition) is 0. The van der Waals surface area contributed by atoms with Gasteiger partial charge in [-0.25, -0.2) is 0 Å². The molecule has 2 aromatic rings. The van der Waals surface area contributed by atoms with Gasteiger partial charge in [-0.3, -0.25) is 0 Å². The molecule has 18 heavy (non-hydrogen) atoms. The van der Waals surface area contributed by atoms with Crippen molar-refractivity contribution < 1.29 is 8.78 Å². The van der Waals surface area contributed by atoms with E-state index in [1.807, 2.05) is 24.3 Å². The van der Waals surface area contributed by atoms with Gasteiger partial charge in [0.1, 0.15) is 5.03 Å². The Morgan fingerprint density at radius 1 is 1.22 bits per heavy atom. The average molecular weight is 334 g/mol. The van der Waals surface area contributed by atoms with Crippen LogP contribution in [-0.4, -0.2) is 26.0 Å². The molecule has 0 saturated carbocycles. The van der Waals surface area contributed by atoms with E-state index in [2.05, 4.69) is 31.3 Å². The van der Waals surface area contributed by atoms with E-state index >= 15 is 0 Å². The molecule has 0 amide bonds. The van der Waals surface area contributed by atoms with Gasteiger partial charge >= 0.3 is 4.83 Å². The molecule has 0 spiro atoms. The summed E-state index contributed by atoms with van der Waals surface area (Å²) in [6.45, 7) is 0. The van der Waals surface area contributed by atoms with Crippen LogP contribution in [0.25, 0.3) is 10.9 Å². The highest BCUT2D eigenvalue weighted by Gasteiger charge is 2.22. The SMILES string of the molecule is FC(F)(Br)CCCSc1nnnc2ccccc12. The largest absolute Gasteiger partial charge is 0.301 e. The molecule has 0 fully saturated rings. The molecule has 1 heterocycles. The fourth-order valence-electron chi connectivity index (χ4n) is 1.45. The third-order valence-electron chi connectivity index (χ3n) is 2.27. The predicted molar refractivity (Wildman–Crippen MR) is 71.2 cm³/mol. The van der Waals surface area contributed by atoms with Crippen LogP contribution in [0.4, 0.5) is 8.78 Å². The molecule has 0 unspecified atom stereocenters. The lowest BCUT2D eigenvalue weighted by Gasteiger charge is -2.07. The molecule has 0 saturated heterocycles. The Labute approximate surface area is 115 Å². The van der Waals surface area contributed by atoms with Crippen molar-refractivity contribution in [2.75, 3.05) is 5.75 Å². The van der Waals surface area contributed by atoms with Gasteiger partial charge in [0.05, 0.1) is 5.52 Å². The normalized spacial score (nSPS) is 11.9. The summed E-state index contributed by atoms with van der Waals surface area (Å²) in [6, 6.07) is 7.51. The number of hydrogen-bond acceptors (Lipinski definition) is 4. The molecular formula is C11H10BrF2N3S. The lowest BCUT2D eigenvalue weighted by Crippen LogP contribution is -2.04. The van der Waals surface area contributed by atoms with E-state index < -0.39 is 4.83 Å². The van der Waals surface area contributed by atoms with Crippen molar-refractivity contribution in [2.45, 2.75) is 22.7 Å². The zero-order valence-electron chi connectivity index (χ0n) is 9.31. The fraction of sp³-hybridized carbons (Fsp3) is 0.364. The Bertz CT molecular complexity index is 528. The number of fused-ring (bicyclic) bond motifs is 1. The maximum absolute atomic E-state index is 12.6. The van der Waals surface area contributed by atoms with Crippen LogP contribution in [0.1, 0.15) is 12.8 Å². The number of aromatic nitrogens is 3. The van der Waals surface area contributed by atoms with Crippen molar-refractivity contribution in [3.63, 3.8) is 0 Å². The Kier molecular flexibility index (Phi) is 4.45. The van der Waals surface area contributed by atoms with Crippen molar-refractivity contribution in [3.8, 4) is 0 Å². The number of rotatable bonds is 5. The van der Waals surface area contributed by atoms with E-state index in [1.165, 1.54) is 11.8 Å². The molecule has 0 aliphatic carbocycles. The number of thioether (sulfide) groups is 1. The van der Waals surface area contributed by atoms with E-state index in [0.717, 1.165) is 15.9 Å². The summed E-state index contributed by atoms with van der Waals surface area (Å²) in [5.41, 5.74) is 0.765. The minimum atomic E-state index is -2.78. The van der Waals surface area contributed by atoms with Crippen molar-refractivity contribution in [1.29, 1.82) is 0 Å². The first-order chi connectivity index (χ1) is 8.56. The van der Waals surface area contributed by atoms with E-state index in [4.69, 9.17) is 0 Å². The molecule has 0 aliphatic rings. The fourth-order valence-corrected chi connectivity index (χ4v) is 2.64. The second-order valence-corrected chi connectivity index (χ2v) is 5.92. The van der Waals surface area contributed by atoms with Gasteiger partial charge in [-0.15, -0.1) is 22.0 Å². The molecule has 7 heteroatoms. The second kappa shape index (κ2) is 5.88. The maximum atomic E-state index is 12.6. The summed E-state index contributed by atoms with van der Waals surface area (Å²) in [7, 11) is 0. The van der Waals surface area contributed by atoms with Gasteiger partial charge in [0.15, 0.2) is 0 Å². The van der Waals surface area contributed by atoms with Crippen molar-refractivity contribution in [3.05, 3.63) is 24.3 Å². The molecule has 96 valence electrons. The van der Waals surface area contributed by atoms with Crippen molar-refractivity contribution in [2.24, 2.45) is 0 Å². The molecule has 0 radical (unpaired) electrons. The van der Waals surface area contributed by atoms with Gasteiger partial charge in [-0.1, -0.05) is 12.1 Å². The molecule has 0 aliphatic heterocycles. The predicted octanol–water partition coefficient (Wildman–Crippen LogP) is 3.88. The molecule has 0 atom stereocenters. The first-order valence-electron chi connectivity index (χ1n) is 5.34. The highest BCUT2D eigenvalue weighted by Crippen LogP contribution is 2.30. The third-order valence-corrected chi connectivity index (χ3v) is 3.73. The van der Waals surface area contributed by atoms with Crippen LogP contribution in [0.5, 0.6) is 0 Å². The lowest BCUT2D eigenvalue weighted by atomic mass is 10.2. The van der Waals surface area contributed by atoms with Crippen molar-refractivity contribution >= 4 is 38.6 Å². The molecule has 3 nitrogen and oxygen atoms in total. The Morgan fingerprint density at radius 3 is 2.78 bits per heavy atom. The van der Waals surface area contributed by atoms with Gasteiger partial charge in [-0.05, 0) is 45.4 Å². The molecular weight excluding hydrogens is 324 g/mol. The Hall–Kier alpha value is -0.820. The summed E-state index contributed by atoms with van der Waals surface area (Å²) in [6.07, 6.45) is 0.220. The van der Waals surface area contributed by atoms with E-state index in [0.29, 0.717) is 12.2 Å². The van der Waals surface area contributed by atoms with Gasteiger partial charge < -0.3 is 0 Å². The highest BCUT2D eigenvalue weighted by molar-refractivity contribution is 9.09. The standard InChI is InChI=1S/C11H10BrF2N3S/c12-11(13,14)6-3-7-18-10-8-4-1-2-5-9(8)15-17-16-10/h1-2,4-5H,3,6-7H2. The molecule has 0 bridgehead atoms. The molecule has 1 aromatic carbocycles. The average Bonchev–Trinajstić information content (AvgIpc) is 2.33. The van der Waals surface area contributed by atoms with Crippen molar-refractivity contribution in [1.82, 2.24) is 15.4 Å². The summed E-state index contributed by atoms with van der Waals surface area (Å²) < 4.78 is 25.1. The minimum Gasteiger partial charge on any atom is -0.194 e. The number of nitrogens with zero attached hydrogens (tertiary/aromatic N) is 3. The first kappa shape index (κ1) is 13.6. The van der Waals surface area contributed by atoms with E-state index in [9.17, 15) is 8.78 Å². The van der Waals surface area contributed by atoms with Gasteiger partial charge in [0.2, 0.25) is 0 Å². The summed E-state index contributed by atoms with van der Waals surface area (Å²) in [5.74, 6) is 0.573. The first-order valence-corrected chi connectivity index (χ1v) is 7.12. The van der Waals surface area contributed by atoms with Gasteiger partial charge in [0.25, 0.3) is 0 Å². The quantitative estimate of drug-likeness (QED) is 0.472. The number of alkyl halides is 3. The summed E-state index contributed by atoms with van der Waals surface area (Å²) >= 11 is 3.75. The third kappa shape index (κ3) is 3.84. The van der Waals surface area contributed by atoms with Crippen LogP contribution in [0, 0.1) is 0 Å². The van der Waals surface area contributed by atoms with Gasteiger partial charge in [-0.2, -0.15) is 8.78 Å². The highest BCUT2D eigenvalue weighted by atomic mass is 79.9. The molecule has 1 aromatic heterocycles. The lowest BCUT2D eigenvalue weighted by molar-refractivity contribution is 0.104. The molecule has 2 rings (SSSR count). The second-order valence-electron chi connectivity index (χ2n) is 3.68. The number of halogens is 3.